The van der Waals surface area contributed by atoms with Gasteiger partial charge in [0.15, 0.2) is 5.82 Å². The number of ether oxygens (including phenoxy) is 1. The number of pyridine rings is 1. The Morgan fingerprint density at radius 2 is 1.86 bits per heavy atom. The minimum absolute atomic E-state index is 0.270. The van der Waals surface area contributed by atoms with E-state index in [9.17, 15) is 4.79 Å². The number of rotatable bonds is 2. The number of benzene rings is 1. The van der Waals surface area contributed by atoms with E-state index in [0.29, 0.717) is 24.0 Å². The number of hydrogen-bond acceptors (Lipinski definition) is 7. The highest BCUT2D eigenvalue weighted by Crippen LogP contribution is 2.43. The highest BCUT2D eigenvalue weighted by molar-refractivity contribution is 7.13. The van der Waals surface area contributed by atoms with Gasteiger partial charge in [-0.2, -0.15) is 4.37 Å². The van der Waals surface area contributed by atoms with Crippen molar-refractivity contribution in [2.75, 3.05) is 0 Å². The standard InChI is InChI=1S/C27H29ClN6O2S/c1-27(2,3)36-26(35)33-14-18-13-19(28)10-11-20(18)34-22(15-33)30-31-25(34)17-8-6-16(7-9-17)23-24-21(37-32-23)5-4-12-29-24/h4-5,10-13,16-17H,6-9,14-15H2,1-3H3/t16-,17-. The normalized spacial score (nSPS) is 19.8. The maximum atomic E-state index is 13.0. The maximum absolute atomic E-state index is 13.0. The Hall–Kier alpha value is -3.04. The first kappa shape index (κ1) is 24.3. The van der Waals surface area contributed by atoms with Crippen molar-refractivity contribution >= 4 is 39.4 Å². The van der Waals surface area contributed by atoms with Crippen molar-refractivity contribution in [1.29, 1.82) is 0 Å². The number of hydrogen-bond donors (Lipinski definition) is 0. The molecule has 1 aliphatic carbocycles. The third-order valence-electron chi connectivity index (χ3n) is 7.12. The molecule has 1 aromatic carbocycles. The minimum Gasteiger partial charge on any atom is -0.444 e. The summed E-state index contributed by atoms with van der Waals surface area (Å²) in [5, 5.41) is 9.86. The molecule has 4 heterocycles. The van der Waals surface area contributed by atoms with Crippen molar-refractivity contribution in [3.05, 3.63) is 64.5 Å². The van der Waals surface area contributed by atoms with E-state index in [4.69, 9.17) is 20.7 Å². The van der Waals surface area contributed by atoms with E-state index in [1.54, 1.807) is 4.90 Å². The summed E-state index contributed by atoms with van der Waals surface area (Å²) in [5.41, 5.74) is 3.51. The van der Waals surface area contributed by atoms with Crippen LogP contribution in [0.3, 0.4) is 0 Å². The van der Waals surface area contributed by atoms with E-state index in [1.165, 1.54) is 11.5 Å². The second-order valence-corrected chi connectivity index (χ2v) is 12.1. The van der Waals surface area contributed by atoms with Gasteiger partial charge in [0.05, 0.1) is 29.2 Å². The molecule has 1 saturated carbocycles. The van der Waals surface area contributed by atoms with Crippen LogP contribution < -0.4 is 0 Å². The molecule has 0 radical (unpaired) electrons. The molecule has 6 rings (SSSR count). The van der Waals surface area contributed by atoms with Crippen molar-refractivity contribution in [3.63, 3.8) is 0 Å². The Morgan fingerprint density at radius 1 is 1.08 bits per heavy atom. The molecule has 0 saturated heterocycles. The van der Waals surface area contributed by atoms with E-state index in [-0.39, 0.29) is 12.0 Å². The Labute approximate surface area is 224 Å². The van der Waals surface area contributed by atoms with Crippen molar-refractivity contribution in [1.82, 2.24) is 29.0 Å². The van der Waals surface area contributed by atoms with Gasteiger partial charge in [0.1, 0.15) is 16.9 Å². The van der Waals surface area contributed by atoms with E-state index in [2.05, 4.69) is 25.8 Å². The quantitative estimate of drug-likeness (QED) is 0.286. The van der Waals surface area contributed by atoms with Gasteiger partial charge >= 0.3 is 6.09 Å². The van der Waals surface area contributed by atoms with E-state index in [0.717, 1.165) is 64.5 Å². The zero-order chi connectivity index (χ0) is 25.7. The minimum atomic E-state index is -0.587. The molecule has 1 fully saturated rings. The first-order valence-electron chi connectivity index (χ1n) is 12.7. The van der Waals surface area contributed by atoms with Crippen molar-refractivity contribution in [2.45, 2.75) is 77.0 Å². The Bertz CT molecular complexity index is 1470. The van der Waals surface area contributed by atoms with Crippen LogP contribution in [0.2, 0.25) is 5.02 Å². The molecule has 0 spiro atoms. The van der Waals surface area contributed by atoms with Crippen molar-refractivity contribution in [3.8, 4) is 5.69 Å². The predicted molar refractivity (Wildman–Crippen MR) is 143 cm³/mol. The fraction of sp³-hybridized carbons (Fsp3) is 0.444. The molecule has 37 heavy (non-hydrogen) atoms. The maximum Gasteiger partial charge on any atom is 0.411 e. The number of carbonyl (C=O) groups excluding carboxylic acids is 1. The first-order valence-corrected chi connectivity index (χ1v) is 13.8. The van der Waals surface area contributed by atoms with Gasteiger partial charge in [-0.3, -0.25) is 14.5 Å². The van der Waals surface area contributed by atoms with Crippen LogP contribution in [-0.2, 0) is 17.8 Å². The Balaban J connectivity index is 1.29. The van der Waals surface area contributed by atoms with Crippen LogP contribution >= 0.6 is 23.1 Å². The summed E-state index contributed by atoms with van der Waals surface area (Å²) in [6, 6.07) is 9.86. The van der Waals surface area contributed by atoms with Crippen LogP contribution in [0, 0.1) is 0 Å². The summed E-state index contributed by atoms with van der Waals surface area (Å²) in [6.45, 7) is 6.32. The number of nitrogens with zero attached hydrogens (tertiary/aromatic N) is 6. The summed E-state index contributed by atoms with van der Waals surface area (Å²) < 4.78 is 13.7. The second-order valence-electron chi connectivity index (χ2n) is 10.9. The van der Waals surface area contributed by atoms with Gasteiger partial charge in [0.25, 0.3) is 0 Å². The molecule has 8 nitrogen and oxygen atoms in total. The summed E-state index contributed by atoms with van der Waals surface area (Å²) in [4.78, 5) is 19.3. The molecule has 0 unspecified atom stereocenters. The molecule has 1 amide bonds. The molecule has 192 valence electrons. The third-order valence-corrected chi connectivity index (χ3v) is 8.17. The molecule has 4 aromatic rings. The lowest BCUT2D eigenvalue weighted by molar-refractivity contribution is 0.0214. The average molecular weight is 537 g/mol. The van der Waals surface area contributed by atoms with Gasteiger partial charge in [0, 0.05) is 23.1 Å². The SMILES string of the molecule is CC(C)(C)OC(=O)N1Cc2cc(Cl)ccc2-n2c(nnc2[C@H]2CC[C@H](c3nsc4cccnc43)CC2)C1. The van der Waals surface area contributed by atoms with Gasteiger partial charge in [-0.25, -0.2) is 4.79 Å². The fourth-order valence-corrected chi connectivity index (χ4v) is 6.45. The lowest BCUT2D eigenvalue weighted by Gasteiger charge is -2.27. The molecule has 10 heteroatoms. The highest BCUT2D eigenvalue weighted by Gasteiger charge is 2.34. The van der Waals surface area contributed by atoms with Crippen molar-refractivity contribution in [2.24, 2.45) is 0 Å². The summed E-state index contributed by atoms with van der Waals surface area (Å²) in [7, 11) is 0. The molecular formula is C27H29ClN6O2S. The molecule has 2 aliphatic rings. The van der Waals surface area contributed by atoms with Crippen LogP contribution in [0.4, 0.5) is 4.79 Å². The monoisotopic (exact) mass is 536 g/mol. The molecule has 0 atom stereocenters. The van der Waals surface area contributed by atoms with Crippen LogP contribution in [0.1, 0.15) is 81.2 Å². The summed E-state index contributed by atoms with van der Waals surface area (Å²) in [5.74, 6) is 2.36. The lowest BCUT2D eigenvalue weighted by atomic mass is 9.80. The van der Waals surface area contributed by atoms with Crippen LogP contribution in [0.15, 0.2) is 36.5 Å². The second kappa shape index (κ2) is 9.36. The number of aromatic nitrogens is 5. The number of halogens is 1. The number of carbonyl (C=O) groups is 1. The van der Waals surface area contributed by atoms with Crippen molar-refractivity contribution < 1.29 is 9.53 Å². The van der Waals surface area contributed by atoms with Gasteiger partial charge in [-0.1, -0.05) is 11.6 Å². The summed E-state index contributed by atoms with van der Waals surface area (Å²) in [6.07, 6.45) is 5.52. The van der Waals surface area contributed by atoms with Crippen LogP contribution in [0.25, 0.3) is 15.9 Å². The molecule has 1 aliphatic heterocycles. The fourth-order valence-electron chi connectivity index (χ4n) is 5.44. The Kier molecular flexibility index (Phi) is 6.15. The van der Waals surface area contributed by atoms with Crippen LogP contribution in [-0.4, -0.2) is 40.7 Å². The topological polar surface area (TPSA) is 86.0 Å². The first-order chi connectivity index (χ1) is 17.8. The molecule has 3 aromatic heterocycles. The lowest BCUT2D eigenvalue weighted by Crippen LogP contribution is -2.35. The highest BCUT2D eigenvalue weighted by atomic mass is 35.5. The van der Waals surface area contributed by atoms with Gasteiger partial charge < -0.3 is 4.74 Å². The Morgan fingerprint density at radius 3 is 2.65 bits per heavy atom. The van der Waals surface area contributed by atoms with E-state index >= 15 is 0 Å². The van der Waals surface area contributed by atoms with E-state index in [1.807, 2.05) is 51.2 Å². The number of fused-ring (bicyclic) bond motifs is 4. The number of amides is 1. The van der Waals surface area contributed by atoms with Gasteiger partial charge in [-0.15, -0.1) is 10.2 Å². The van der Waals surface area contributed by atoms with Gasteiger partial charge in [-0.05, 0) is 93.9 Å². The zero-order valence-electron chi connectivity index (χ0n) is 21.1. The third kappa shape index (κ3) is 4.70. The molecular weight excluding hydrogens is 508 g/mol. The summed E-state index contributed by atoms with van der Waals surface area (Å²) >= 11 is 7.91. The smallest absolute Gasteiger partial charge is 0.411 e. The van der Waals surface area contributed by atoms with Gasteiger partial charge in [0.2, 0.25) is 0 Å². The zero-order valence-corrected chi connectivity index (χ0v) is 22.7. The predicted octanol–water partition coefficient (Wildman–Crippen LogP) is 6.62. The molecule has 0 N–H and O–H groups in total. The largest absolute Gasteiger partial charge is 0.444 e. The van der Waals surface area contributed by atoms with E-state index < -0.39 is 5.60 Å². The average Bonchev–Trinajstić information content (AvgIpc) is 3.43. The van der Waals surface area contributed by atoms with Crippen LogP contribution in [0.5, 0.6) is 0 Å². The molecule has 0 bridgehead atoms.